The molecule has 3 aliphatic rings. The Balaban J connectivity index is 1.50. The third-order valence-corrected chi connectivity index (χ3v) is 6.43. The Kier molecular flexibility index (Phi) is 3.84. The molecule has 0 saturated heterocycles. The minimum atomic E-state index is -0.538. The zero-order chi connectivity index (χ0) is 18.5. The van der Waals surface area contributed by atoms with Gasteiger partial charge < -0.3 is 10.3 Å². The Morgan fingerprint density at radius 1 is 1.07 bits per heavy atom. The number of H-pyrrole nitrogens is 1. The van der Waals surface area contributed by atoms with Crippen LogP contribution in [0.2, 0.25) is 0 Å². The molecule has 3 aliphatic carbocycles. The molecule has 3 aromatic rings. The van der Waals surface area contributed by atoms with Crippen LogP contribution in [-0.2, 0) is 0 Å². The summed E-state index contributed by atoms with van der Waals surface area (Å²) in [5.74, 6) is 1.34. The molecule has 7 heteroatoms. The number of halogens is 2. The van der Waals surface area contributed by atoms with Crippen molar-refractivity contribution in [2.75, 3.05) is 5.32 Å². The van der Waals surface area contributed by atoms with Gasteiger partial charge in [-0.1, -0.05) is 6.92 Å². The van der Waals surface area contributed by atoms with E-state index in [0.717, 1.165) is 12.1 Å². The van der Waals surface area contributed by atoms with Crippen molar-refractivity contribution in [2.45, 2.75) is 38.6 Å². The topological polar surface area (TPSA) is 66.5 Å². The number of hydrogen-bond acceptors (Lipinski definition) is 4. The van der Waals surface area contributed by atoms with Crippen LogP contribution in [0.5, 0.6) is 0 Å². The van der Waals surface area contributed by atoms with E-state index in [1.807, 2.05) is 0 Å². The fourth-order valence-corrected chi connectivity index (χ4v) is 4.95. The highest BCUT2D eigenvalue weighted by Gasteiger charge is 2.41. The zero-order valence-electron chi connectivity index (χ0n) is 15.0. The molecule has 3 aromatic heterocycles. The summed E-state index contributed by atoms with van der Waals surface area (Å²) in [6.45, 7) is 2.28. The van der Waals surface area contributed by atoms with Crippen LogP contribution in [-0.4, -0.2) is 26.0 Å². The maximum atomic E-state index is 14.5. The molecule has 3 saturated carbocycles. The summed E-state index contributed by atoms with van der Waals surface area (Å²) in [6, 6.07) is 1.66. The monoisotopic (exact) mass is 369 g/mol. The molecule has 3 fully saturated rings. The van der Waals surface area contributed by atoms with Crippen molar-refractivity contribution < 1.29 is 8.78 Å². The molecule has 0 unspecified atom stereocenters. The second-order valence-electron chi connectivity index (χ2n) is 7.85. The number of nitrogens with zero attached hydrogens (tertiary/aromatic N) is 3. The van der Waals surface area contributed by atoms with Crippen LogP contribution in [0.1, 0.15) is 32.6 Å². The molecule has 0 radical (unpaired) electrons. The van der Waals surface area contributed by atoms with E-state index in [1.165, 1.54) is 37.9 Å². The quantitative estimate of drug-likeness (QED) is 0.712. The molecule has 0 spiro atoms. The van der Waals surface area contributed by atoms with Gasteiger partial charge in [0.05, 0.1) is 12.4 Å². The summed E-state index contributed by atoms with van der Waals surface area (Å²) in [5, 5.41) is 3.97. The van der Waals surface area contributed by atoms with Crippen LogP contribution in [0.4, 0.5) is 14.7 Å². The highest BCUT2D eigenvalue weighted by Crippen LogP contribution is 2.45. The smallest absolute Gasteiger partial charge is 0.223 e. The molecule has 0 aromatic carbocycles. The van der Waals surface area contributed by atoms with E-state index >= 15 is 0 Å². The van der Waals surface area contributed by atoms with Crippen LogP contribution in [0.25, 0.3) is 22.3 Å². The van der Waals surface area contributed by atoms with Gasteiger partial charge in [0.2, 0.25) is 5.95 Å². The summed E-state index contributed by atoms with van der Waals surface area (Å²) in [6.07, 6.45) is 8.98. The number of nitrogens with one attached hydrogen (secondary N) is 2. The normalized spacial score (nSPS) is 27.2. The van der Waals surface area contributed by atoms with Gasteiger partial charge in [-0.3, -0.25) is 0 Å². The maximum Gasteiger partial charge on any atom is 0.223 e. The van der Waals surface area contributed by atoms with Gasteiger partial charge in [0.1, 0.15) is 17.2 Å². The van der Waals surface area contributed by atoms with Crippen molar-refractivity contribution in [3.63, 3.8) is 0 Å². The van der Waals surface area contributed by atoms with Crippen LogP contribution in [0.3, 0.4) is 0 Å². The van der Waals surface area contributed by atoms with Gasteiger partial charge in [-0.2, -0.15) is 0 Å². The third kappa shape index (κ3) is 2.76. The van der Waals surface area contributed by atoms with Gasteiger partial charge in [0.25, 0.3) is 0 Å². The molecular formula is C20H21F2N5. The predicted octanol–water partition coefficient (Wildman–Crippen LogP) is 4.53. The van der Waals surface area contributed by atoms with Crippen LogP contribution >= 0.6 is 0 Å². The van der Waals surface area contributed by atoms with Gasteiger partial charge >= 0.3 is 0 Å². The first-order chi connectivity index (χ1) is 13.1. The molecule has 2 bridgehead atoms. The van der Waals surface area contributed by atoms with Gasteiger partial charge in [0.15, 0.2) is 5.82 Å². The van der Waals surface area contributed by atoms with E-state index in [4.69, 9.17) is 0 Å². The Labute approximate surface area is 155 Å². The molecule has 0 aliphatic heterocycles. The summed E-state index contributed by atoms with van der Waals surface area (Å²) < 4.78 is 28.1. The van der Waals surface area contributed by atoms with Gasteiger partial charge in [-0.25, -0.2) is 23.7 Å². The maximum absolute atomic E-state index is 14.5. The van der Waals surface area contributed by atoms with E-state index in [2.05, 4.69) is 32.2 Å². The Morgan fingerprint density at radius 2 is 1.85 bits per heavy atom. The summed E-state index contributed by atoms with van der Waals surface area (Å²) in [5.41, 5.74) is 1.13. The Bertz CT molecular complexity index is 991. The third-order valence-electron chi connectivity index (χ3n) is 6.43. The van der Waals surface area contributed by atoms with E-state index < -0.39 is 11.6 Å². The summed E-state index contributed by atoms with van der Waals surface area (Å²) in [4.78, 5) is 15.5. The predicted molar refractivity (Wildman–Crippen MR) is 99.1 cm³/mol. The fourth-order valence-electron chi connectivity index (χ4n) is 4.95. The molecule has 0 amide bonds. The van der Waals surface area contributed by atoms with Gasteiger partial charge in [-0.05, 0) is 49.5 Å². The average molecular weight is 369 g/mol. The van der Waals surface area contributed by atoms with Crippen molar-refractivity contribution >= 4 is 17.0 Å². The van der Waals surface area contributed by atoms with Crippen molar-refractivity contribution in [1.29, 1.82) is 0 Å². The lowest BCUT2D eigenvalue weighted by Crippen LogP contribution is -2.47. The lowest BCUT2D eigenvalue weighted by atomic mass is 9.62. The minimum absolute atomic E-state index is 0.153. The molecule has 3 heterocycles. The average Bonchev–Trinajstić information content (AvgIpc) is 3.09. The van der Waals surface area contributed by atoms with E-state index in [1.54, 1.807) is 6.20 Å². The van der Waals surface area contributed by atoms with Crippen molar-refractivity contribution in [1.82, 2.24) is 19.9 Å². The lowest BCUT2D eigenvalue weighted by Gasteiger charge is -2.47. The molecule has 6 rings (SSSR count). The largest absolute Gasteiger partial charge is 0.351 e. The number of aromatic nitrogens is 4. The first kappa shape index (κ1) is 16.6. The van der Waals surface area contributed by atoms with Crippen molar-refractivity contribution in [2.24, 2.45) is 17.8 Å². The number of anilines is 1. The number of fused-ring (bicyclic) bond motifs is 4. The second kappa shape index (κ2) is 6.25. The zero-order valence-corrected chi connectivity index (χ0v) is 15.0. The van der Waals surface area contributed by atoms with Crippen molar-refractivity contribution in [3.8, 4) is 11.3 Å². The van der Waals surface area contributed by atoms with Gasteiger partial charge in [0, 0.05) is 23.2 Å². The second-order valence-corrected chi connectivity index (χ2v) is 7.85. The standard InChI is InChI=1S/C20H21F2N5/c1-10-11-2-4-12(5-3-11)17(10)26-20-25-9-16(22)18(27-20)15-8-24-19-14(15)6-13(21)7-23-19/h6-12,17H,2-5H2,1H3,(H,23,24)(H,25,26,27)/t10-,11?,12?,17+/m1/s1. The Morgan fingerprint density at radius 3 is 2.63 bits per heavy atom. The highest BCUT2D eigenvalue weighted by atomic mass is 19.1. The van der Waals surface area contributed by atoms with Crippen molar-refractivity contribution in [3.05, 3.63) is 36.3 Å². The highest BCUT2D eigenvalue weighted by molar-refractivity contribution is 5.92. The number of pyridine rings is 1. The lowest BCUT2D eigenvalue weighted by molar-refractivity contribution is 0.0926. The first-order valence-electron chi connectivity index (χ1n) is 9.52. The molecule has 2 atom stereocenters. The van der Waals surface area contributed by atoms with E-state index in [-0.39, 0.29) is 5.69 Å². The van der Waals surface area contributed by atoms with Gasteiger partial charge in [-0.15, -0.1) is 0 Å². The van der Waals surface area contributed by atoms with Crippen LogP contribution < -0.4 is 5.32 Å². The number of rotatable bonds is 3. The number of hydrogen-bond donors (Lipinski definition) is 2. The first-order valence-corrected chi connectivity index (χ1v) is 9.52. The summed E-state index contributed by atoms with van der Waals surface area (Å²) >= 11 is 0. The van der Waals surface area contributed by atoms with E-state index in [9.17, 15) is 8.78 Å². The molecule has 27 heavy (non-hydrogen) atoms. The fraction of sp³-hybridized carbons (Fsp3) is 0.450. The molecule has 2 N–H and O–H groups in total. The molecule has 5 nitrogen and oxygen atoms in total. The van der Waals surface area contributed by atoms with Crippen LogP contribution in [0.15, 0.2) is 24.7 Å². The summed E-state index contributed by atoms with van der Waals surface area (Å²) in [7, 11) is 0. The Hall–Kier alpha value is -2.57. The minimum Gasteiger partial charge on any atom is -0.351 e. The van der Waals surface area contributed by atoms with E-state index in [0.29, 0.717) is 40.4 Å². The van der Waals surface area contributed by atoms with Crippen LogP contribution in [0, 0.1) is 29.4 Å². The number of aromatic amines is 1. The molecular weight excluding hydrogens is 348 g/mol. The molecule has 140 valence electrons. The SMILES string of the molecule is C[C@@H]1C2CCC(CC2)[C@H]1Nc1ncc(F)c(-c2c[nH]c3ncc(F)cc23)n1.